The molecule has 1 saturated heterocycles. The lowest BCUT2D eigenvalue weighted by Gasteiger charge is -2.27. The molecule has 5 amide bonds. The zero-order chi connectivity index (χ0) is 31.8. The number of carbonyl (C=O) groups is 4. The van der Waals surface area contributed by atoms with Gasteiger partial charge in [-0.05, 0) is 89.8 Å². The van der Waals surface area contributed by atoms with Crippen molar-refractivity contribution in [2.45, 2.75) is 27.2 Å². The second-order valence-electron chi connectivity index (χ2n) is 9.61. The van der Waals surface area contributed by atoms with Gasteiger partial charge in [-0.2, -0.15) is 0 Å². The van der Waals surface area contributed by atoms with Gasteiger partial charge in [-0.15, -0.1) is 0 Å². The number of barbiturate groups is 1. The molecule has 1 aliphatic heterocycles. The summed E-state index contributed by atoms with van der Waals surface area (Å²) in [7, 11) is 1.45. The number of rotatable bonds is 12. The molecule has 1 heterocycles. The first kappa shape index (κ1) is 32.1. The smallest absolute Gasteiger partial charge is 0.335 e. The number of imide groups is 2. The van der Waals surface area contributed by atoms with Gasteiger partial charge in [0.1, 0.15) is 5.57 Å². The molecule has 1 fully saturated rings. The molecule has 2 N–H and O–H groups in total. The monoisotopic (exact) mass is 665 g/mol. The van der Waals surface area contributed by atoms with E-state index in [0.717, 1.165) is 16.9 Å². The van der Waals surface area contributed by atoms with Crippen molar-refractivity contribution in [1.82, 2.24) is 5.32 Å². The number of nitrogens with one attached hydrogen (secondary N) is 2. The summed E-state index contributed by atoms with van der Waals surface area (Å²) in [5, 5.41) is 4.99. The van der Waals surface area contributed by atoms with Crippen molar-refractivity contribution < 1.29 is 38.1 Å². The molecule has 0 saturated carbocycles. The third-order valence-corrected chi connectivity index (χ3v) is 6.85. The van der Waals surface area contributed by atoms with E-state index in [1.165, 1.54) is 25.3 Å². The first-order chi connectivity index (χ1) is 21.1. The number of urea groups is 1. The maximum absolute atomic E-state index is 13.5. The minimum Gasteiger partial charge on any atom is -0.493 e. The van der Waals surface area contributed by atoms with Crippen LogP contribution in [0.2, 0.25) is 0 Å². The van der Waals surface area contributed by atoms with Crippen LogP contribution in [-0.4, -0.2) is 50.7 Å². The van der Waals surface area contributed by atoms with Crippen molar-refractivity contribution in [2.24, 2.45) is 0 Å². The van der Waals surface area contributed by atoms with Crippen LogP contribution < -0.4 is 34.5 Å². The summed E-state index contributed by atoms with van der Waals surface area (Å²) in [6.07, 6.45) is 2.13. The Labute approximate surface area is 263 Å². The molecule has 0 aromatic heterocycles. The summed E-state index contributed by atoms with van der Waals surface area (Å²) in [5.74, 6) is -0.723. The van der Waals surface area contributed by atoms with Gasteiger partial charge in [0.25, 0.3) is 17.7 Å². The average Bonchev–Trinajstić information content (AvgIpc) is 2.98. The summed E-state index contributed by atoms with van der Waals surface area (Å²) >= 11 is 3.45. The van der Waals surface area contributed by atoms with Gasteiger partial charge in [0.2, 0.25) is 0 Å². The Bertz CT molecular complexity index is 1620. The first-order valence-corrected chi connectivity index (χ1v) is 14.6. The Morgan fingerprint density at radius 1 is 0.977 bits per heavy atom. The lowest BCUT2D eigenvalue weighted by atomic mass is 10.1. The van der Waals surface area contributed by atoms with E-state index in [-0.39, 0.29) is 41.9 Å². The summed E-state index contributed by atoms with van der Waals surface area (Å²) in [6.45, 7) is 6.11. The SMILES string of the molecule is CCCOc1ccc(N2C(=O)NC(=O)/C(=C/c3cc(Br)c(OCC(=O)Nc4cccc(C)c4)c(OCC)c3)C2=O)cc1OC. The minimum atomic E-state index is -0.898. The van der Waals surface area contributed by atoms with E-state index in [1.807, 2.05) is 32.0 Å². The van der Waals surface area contributed by atoms with Gasteiger partial charge in [-0.25, -0.2) is 9.69 Å². The Morgan fingerprint density at radius 2 is 1.77 bits per heavy atom. The molecule has 1 aliphatic rings. The number of aryl methyl sites for hydroxylation is 1. The third kappa shape index (κ3) is 7.56. The van der Waals surface area contributed by atoms with Crippen LogP contribution in [0, 0.1) is 6.92 Å². The summed E-state index contributed by atoms with van der Waals surface area (Å²) < 4.78 is 23.0. The van der Waals surface area contributed by atoms with E-state index >= 15 is 0 Å². The van der Waals surface area contributed by atoms with Crippen LogP contribution in [0.4, 0.5) is 16.2 Å². The molecule has 0 aliphatic carbocycles. The van der Waals surface area contributed by atoms with Crippen molar-refractivity contribution >= 4 is 57.1 Å². The lowest BCUT2D eigenvalue weighted by Crippen LogP contribution is -2.54. The Balaban J connectivity index is 1.59. The van der Waals surface area contributed by atoms with Gasteiger partial charge in [0.15, 0.2) is 29.6 Å². The number of ether oxygens (including phenoxy) is 4. The number of benzene rings is 3. The first-order valence-electron chi connectivity index (χ1n) is 13.8. The number of amides is 5. The molecule has 4 rings (SSSR count). The minimum absolute atomic E-state index is 0.190. The van der Waals surface area contributed by atoms with Gasteiger partial charge < -0.3 is 24.3 Å². The number of halogens is 1. The molecule has 230 valence electrons. The maximum Gasteiger partial charge on any atom is 0.335 e. The largest absolute Gasteiger partial charge is 0.493 e. The zero-order valence-corrected chi connectivity index (χ0v) is 26.3. The molecule has 0 atom stereocenters. The van der Waals surface area contributed by atoms with Crippen molar-refractivity contribution in [3.05, 3.63) is 75.8 Å². The highest BCUT2D eigenvalue weighted by Gasteiger charge is 2.37. The van der Waals surface area contributed by atoms with Crippen LogP contribution >= 0.6 is 15.9 Å². The predicted molar refractivity (Wildman–Crippen MR) is 168 cm³/mol. The third-order valence-electron chi connectivity index (χ3n) is 6.26. The number of methoxy groups -OCH3 is 1. The Hall–Kier alpha value is -4.84. The Morgan fingerprint density at radius 3 is 2.48 bits per heavy atom. The van der Waals surface area contributed by atoms with Crippen LogP contribution in [-0.2, 0) is 14.4 Å². The van der Waals surface area contributed by atoms with Gasteiger partial charge in [0.05, 0.1) is 30.5 Å². The van der Waals surface area contributed by atoms with E-state index < -0.39 is 17.8 Å². The topological polar surface area (TPSA) is 132 Å². The van der Waals surface area contributed by atoms with Crippen LogP contribution in [0.1, 0.15) is 31.4 Å². The molecule has 3 aromatic rings. The summed E-state index contributed by atoms with van der Waals surface area (Å²) in [6, 6.07) is 14.3. The molecule has 0 radical (unpaired) electrons. The molecule has 0 spiro atoms. The number of anilines is 2. The predicted octanol–water partition coefficient (Wildman–Crippen LogP) is 5.64. The normalized spacial score (nSPS) is 13.9. The van der Waals surface area contributed by atoms with E-state index in [9.17, 15) is 19.2 Å². The maximum atomic E-state index is 13.5. The highest BCUT2D eigenvalue weighted by molar-refractivity contribution is 9.10. The molecule has 11 nitrogen and oxygen atoms in total. The van der Waals surface area contributed by atoms with E-state index in [4.69, 9.17) is 18.9 Å². The molecule has 12 heteroatoms. The average molecular weight is 667 g/mol. The molecular formula is C32H32BrN3O8. The summed E-state index contributed by atoms with van der Waals surface area (Å²) in [5.41, 5.74) is 1.96. The van der Waals surface area contributed by atoms with Crippen molar-refractivity contribution in [2.75, 3.05) is 37.1 Å². The van der Waals surface area contributed by atoms with Crippen molar-refractivity contribution in [1.29, 1.82) is 0 Å². The van der Waals surface area contributed by atoms with Gasteiger partial charge in [-0.1, -0.05) is 19.1 Å². The van der Waals surface area contributed by atoms with Gasteiger partial charge >= 0.3 is 6.03 Å². The fraction of sp³-hybridized carbons (Fsp3) is 0.250. The fourth-order valence-electron chi connectivity index (χ4n) is 4.32. The highest BCUT2D eigenvalue weighted by atomic mass is 79.9. The number of hydrogen-bond donors (Lipinski definition) is 2. The van der Waals surface area contributed by atoms with Gasteiger partial charge in [0, 0.05) is 11.8 Å². The van der Waals surface area contributed by atoms with Crippen LogP contribution in [0.15, 0.2) is 64.6 Å². The molecular weight excluding hydrogens is 634 g/mol. The highest BCUT2D eigenvalue weighted by Crippen LogP contribution is 2.38. The van der Waals surface area contributed by atoms with Gasteiger partial charge in [-0.3, -0.25) is 19.7 Å². The molecule has 44 heavy (non-hydrogen) atoms. The molecule has 0 bridgehead atoms. The van der Waals surface area contributed by atoms with Crippen molar-refractivity contribution in [3.8, 4) is 23.0 Å². The summed E-state index contributed by atoms with van der Waals surface area (Å²) in [4.78, 5) is 52.5. The number of nitrogens with zero attached hydrogens (tertiary/aromatic N) is 1. The van der Waals surface area contributed by atoms with Crippen LogP contribution in [0.3, 0.4) is 0 Å². The second-order valence-corrected chi connectivity index (χ2v) is 10.5. The quantitative estimate of drug-likeness (QED) is 0.188. The van der Waals surface area contributed by atoms with E-state index in [0.29, 0.717) is 33.8 Å². The van der Waals surface area contributed by atoms with Crippen LogP contribution in [0.5, 0.6) is 23.0 Å². The lowest BCUT2D eigenvalue weighted by molar-refractivity contribution is -0.122. The standard InChI is InChI=1S/C32H32BrN3O8/c1-5-12-43-25-11-10-22(17-26(25)41-4)36-31(39)23(30(38)35-32(36)40)14-20-15-24(33)29(27(16-20)42-6-2)44-18-28(37)34-21-9-7-8-19(3)13-21/h7-11,13-17H,5-6,12,18H2,1-4H3,(H,34,37)(H,35,38,40)/b23-14-. The van der Waals surface area contributed by atoms with E-state index in [1.54, 1.807) is 31.2 Å². The van der Waals surface area contributed by atoms with E-state index in [2.05, 4.69) is 26.6 Å². The number of carbonyl (C=O) groups excluding carboxylic acids is 4. The molecule has 0 unspecified atom stereocenters. The zero-order valence-electron chi connectivity index (χ0n) is 24.7. The fourth-order valence-corrected chi connectivity index (χ4v) is 4.89. The number of hydrogen-bond acceptors (Lipinski definition) is 8. The molecule has 3 aromatic carbocycles. The van der Waals surface area contributed by atoms with Crippen LogP contribution in [0.25, 0.3) is 6.08 Å². The second kappa shape index (κ2) is 14.6. The van der Waals surface area contributed by atoms with Crippen molar-refractivity contribution in [3.63, 3.8) is 0 Å². The Kier molecular flexibility index (Phi) is 10.6.